The van der Waals surface area contributed by atoms with E-state index in [1.165, 1.54) is 26.4 Å². The Morgan fingerprint density at radius 2 is 0.557 bits per heavy atom. The van der Waals surface area contributed by atoms with Crippen LogP contribution in [0.25, 0.3) is 0 Å². The van der Waals surface area contributed by atoms with Gasteiger partial charge in [-0.1, -0.05) is 182 Å². The van der Waals surface area contributed by atoms with E-state index in [1.54, 1.807) is 0 Å². The molecular formula is C58H60O12. The molecule has 6 aromatic carbocycles. The van der Waals surface area contributed by atoms with Crippen molar-refractivity contribution in [1.29, 1.82) is 0 Å². The fourth-order valence-electron chi connectivity index (χ4n) is 8.51. The number of carbonyl (C=O) groups excluding carboxylic acids is 2. The molecule has 10 atom stereocenters. The van der Waals surface area contributed by atoms with Gasteiger partial charge in [0.2, 0.25) is 0 Å². The molecule has 0 aromatic heterocycles. The molecule has 0 N–H and O–H groups in total. The van der Waals surface area contributed by atoms with Crippen molar-refractivity contribution in [3.8, 4) is 0 Å². The maximum atomic E-state index is 14.7. The SMILES string of the molecule is CO[C@H]1O[C@H](C(=O)/C=C\C(=O)[C@H]2O[C@H](OC)[C@H](OCc3ccccc3)[C@@H](OCc3ccccc3)[C@@H]2OCc2ccccc2)[C@@H](OCc2ccccc2)[C@H](OCc2ccccc2)[C@H]1OCc1ccccc1. The molecule has 6 aromatic rings. The molecule has 0 unspecified atom stereocenters. The molecule has 8 rings (SSSR count). The Balaban J connectivity index is 1.09. The summed E-state index contributed by atoms with van der Waals surface area (Å²) < 4.78 is 64.6. The lowest BCUT2D eigenvalue weighted by atomic mass is 9.93. The van der Waals surface area contributed by atoms with E-state index >= 15 is 0 Å². The minimum Gasteiger partial charge on any atom is -0.368 e. The number of methoxy groups -OCH3 is 2. The van der Waals surface area contributed by atoms with E-state index in [1.807, 2.05) is 182 Å². The molecular weight excluding hydrogens is 889 g/mol. The Morgan fingerprint density at radius 1 is 0.343 bits per heavy atom. The molecule has 2 heterocycles. The quantitative estimate of drug-likeness (QED) is 0.0538. The monoisotopic (exact) mass is 948 g/mol. The van der Waals surface area contributed by atoms with Crippen LogP contribution < -0.4 is 0 Å². The number of ether oxygens (including phenoxy) is 10. The standard InChI is InChI=1S/C58H60O12/c1-61-57-55(67-39-45-29-17-7-18-30-45)53(65-37-43-25-13-5-14-26-43)51(63-35-41-21-9-3-10-22-41)49(69-57)47(59)33-34-48(60)50-52(64-36-42-23-11-4-12-24-42)54(66-38-44-27-15-6-16-28-44)56(58(62-2)70-50)68-40-46-31-19-8-20-32-46/h3-34,49-58H,35-40H2,1-2H3/b34-33-/t49-,50-,51-,52-,53+,54+,55-,56-,57+,58+/m1/s1. The van der Waals surface area contributed by atoms with Crippen molar-refractivity contribution in [3.63, 3.8) is 0 Å². The van der Waals surface area contributed by atoms with Crippen molar-refractivity contribution in [3.05, 3.63) is 228 Å². The van der Waals surface area contributed by atoms with Gasteiger partial charge < -0.3 is 47.4 Å². The second-order valence-corrected chi connectivity index (χ2v) is 17.0. The van der Waals surface area contributed by atoms with Crippen molar-refractivity contribution >= 4 is 11.6 Å². The van der Waals surface area contributed by atoms with Crippen molar-refractivity contribution in [2.24, 2.45) is 0 Å². The molecule has 2 aliphatic rings. The molecule has 364 valence electrons. The highest BCUT2D eigenvalue weighted by Gasteiger charge is 2.52. The van der Waals surface area contributed by atoms with Gasteiger partial charge in [-0.05, 0) is 45.5 Å². The van der Waals surface area contributed by atoms with Crippen molar-refractivity contribution in [2.75, 3.05) is 14.2 Å². The Kier molecular flexibility index (Phi) is 18.9. The molecule has 12 heteroatoms. The van der Waals surface area contributed by atoms with Crippen LogP contribution in [-0.4, -0.2) is 87.2 Å². The van der Waals surface area contributed by atoms with Crippen molar-refractivity contribution in [1.82, 2.24) is 0 Å². The zero-order chi connectivity index (χ0) is 48.3. The topological polar surface area (TPSA) is 126 Å². The van der Waals surface area contributed by atoms with Gasteiger partial charge >= 0.3 is 0 Å². The highest BCUT2D eigenvalue weighted by Crippen LogP contribution is 2.34. The molecule has 0 spiro atoms. The fourth-order valence-corrected chi connectivity index (χ4v) is 8.51. The summed E-state index contributed by atoms with van der Waals surface area (Å²) in [5, 5.41) is 0. The Bertz CT molecular complexity index is 2300. The predicted octanol–water partition coefficient (Wildman–Crippen LogP) is 8.94. The summed E-state index contributed by atoms with van der Waals surface area (Å²) in [6.07, 6.45) is -7.79. The number of hydrogen-bond acceptors (Lipinski definition) is 12. The van der Waals surface area contributed by atoms with Gasteiger partial charge in [-0.3, -0.25) is 9.59 Å². The minimum absolute atomic E-state index is 0.127. The maximum absolute atomic E-state index is 14.7. The fraction of sp³-hybridized carbons (Fsp3) is 0.310. The highest BCUT2D eigenvalue weighted by molar-refractivity contribution is 6.02. The molecule has 2 aliphatic heterocycles. The van der Waals surface area contributed by atoms with Gasteiger partial charge in [-0.25, -0.2) is 0 Å². The number of ketones is 2. The Labute approximate surface area is 410 Å². The average molecular weight is 949 g/mol. The summed E-state index contributed by atoms with van der Waals surface area (Å²) >= 11 is 0. The lowest BCUT2D eigenvalue weighted by Crippen LogP contribution is -2.62. The smallest absolute Gasteiger partial charge is 0.187 e. The summed E-state index contributed by atoms with van der Waals surface area (Å²) in [6, 6.07) is 58.1. The molecule has 0 amide bonds. The summed E-state index contributed by atoms with van der Waals surface area (Å²) in [5.74, 6) is -1.13. The van der Waals surface area contributed by atoms with Gasteiger partial charge in [0.05, 0.1) is 39.6 Å². The van der Waals surface area contributed by atoms with Crippen molar-refractivity contribution < 1.29 is 57.0 Å². The molecule has 2 saturated heterocycles. The van der Waals surface area contributed by atoms with Crippen LogP contribution in [0.3, 0.4) is 0 Å². The number of hydrogen-bond donors (Lipinski definition) is 0. The van der Waals surface area contributed by atoms with Crippen LogP contribution in [0.2, 0.25) is 0 Å². The summed E-state index contributed by atoms with van der Waals surface area (Å²) in [5.41, 5.74) is 5.41. The van der Waals surface area contributed by atoms with Crippen LogP contribution in [0.4, 0.5) is 0 Å². The van der Waals surface area contributed by atoms with E-state index in [9.17, 15) is 9.59 Å². The molecule has 0 saturated carbocycles. The highest BCUT2D eigenvalue weighted by atomic mass is 16.7. The second kappa shape index (κ2) is 26.3. The maximum Gasteiger partial charge on any atom is 0.187 e. The first-order valence-corrected chi connectivity index (χ1v) is 23.5. The number of carbonyl (C=O) groups is 2. The average Bonchev–Trinajstić information content (AvgIpc) is 3.42. The van der Waals surface area contributed by atoms with E-state index in [0.29, 0.717) is 0 Å². The third-order valence-corrected chi connectivity index (χ3v) is 12.1. The van der Waals surface area contributed by atoms with Crippen LogP contribution in [0.15, 0.2) is 194 Å². The van der Waals surface area contributed by atoms with Gasteiger partial charge in [-0.2, -0.15) is 0 Å². The summed E-state index contributed by atoms with van der Waals surface area (Å²) in [7, 11) is 2.97. The first-order valence-electron chi connectivity index (χ1n) is 23.5. The second-order valence-electron chi connectivity index (χ2n) is 17.0. The number of rotatable bonds is 24. The third kappa shape index (κ3) is 13.9. The normalized spacial score (nSPS) is 24.6. The van der Waals surface area contributed by atoms with Gasteiger partial charge in [0.25, 0.3) is 0 Å². The zero-order valence-corrected chi connectivity index (χ0v) is 39.4. The van der Waals surface area contributed by atoms with E-state index < -0.39 is 73.0 Å². The van der Waals surface area contributed by atoms with Crippen LogP contribution >= 0.6 is 0 Å². The van der Waals surface area contributed by atoms with Gasteiger partial charge in [-0.15, -0.1) is 0 Å². The Hall–Kier alpha value is -6.00. The molecule has 0 radical (unpaired) electrons. The van der Waals surface area contributed by atoms with Gasteiger partial charge in [0.1, 0.15) is 36.6 Å². The third-order valence-electron chi connectivity index (χ3n) is 12.1. The van der Waals surface area contributed by atoms with Crippen molar-refractivity contribution in [2.45, 2.75) is 101 Å². The van der Waals surface area contributed by atoms with E-state index in [0.717, 1.165) is 33.4 Å². The van der Waals surface area contributed by atoms with E-state index in [-0.39, 0.29) is 39.6 Å². The molecule has 0 bridgehead atoms. The number of benzene rings is 6. The van der Waals surface area contributed by atoms with Crippen LogP contribution in [0, 0.1) is 0 Å². The van der Waals surface area contributed by atoms with E-state index in [4.69, 9.17) is 47.4 Å². The zero-order valence-electron chi connectivity index (χ0n) is 39.4. The largest absolute Gasteiger partial charge is 0.368 e. The first kappa shape index (κ1) is 50.4. The molecule has 12 nitrogen and oxygen atoms in total. The van der Waals surface area contributed by atoms with Gasteiger partial charge in [0, 0.05) is 14.2 Å². The Morgan fingerprint density at radius 3 is 0.786 bits per heavy atom. The first-order chi connectivity index (χ1) is 34.5. The predicted molar refractivity (Wildman–Crippen MR) is 261 cm³/mol. The van der Waals surface area contributed by atoms with Crippen LogP contribution in [0.1, 0.15) is 33.4 Å². The van der Waals surface area contributed by atoms with E-state index in [2.05, 4.69) is 0 Å². The molecule has 2 fully saturated rings. The summed E-state index contributed by atoms with van der Waals surface area (Å²) in [6.45, 7) is 1.04. The lowest BCUT2D eigenvalue weighted by Gasteiger charge is -2.45. The van der Waals surface area contributed by atoms with Crippen LogP contribution in [0.5, 0.6) is 0 Å². The molecule has 70 heavy (non-hydrogen) atoms. The lowest BCUT2D eigenvalue weighted by molar-refractivity contribution is -0.310. The minimum atomic E-state index is -1.29. The van der Waals surface area contributed by atoms with Crippen LogP contribution in [-0.2, 0) is 96.6 Å². The summed E-state index contributed by atoms with van der Waals surface area (Å²) in [4.78, 5) is 29.5. The molecule has 0 aliphatic carbocycles. The van der Waals surface area contributed by atoms with Gasteiger partial charge in [0.15, 0.2) is 36.4 Å².